The molecule has 0 saturated heterocycles. The van der Waals surface area contributed by atoms with E-state index in [1.165, 1.54) is 0 Å². The van der Waals surface area contributed by atoms with Crippen molar-refractivity contribution in [2.75, 3.05) is 0 Å². The van der Waals surface area contributed by atoms with E-state index in [2.05, 4.69) is 30.6 Å². The van der Waals surface area contributed by atoms with Crippen LogP contribution in [0.25, 0.3) is 0 Å². The summed E-state index contributed by atoms with van der Waals surface area (Å²) in [5.74, 6) is 0. The Labute approximate surface area is 61.3 Å². The van der Waals surface area contributed by atoms with Crippen molar-refractivity contribution in [1.29, 1.82) is 0 Å². The third kappa shape index (κ3) is 1.86. The smallest absolute Gasteiger partial charge is 0.0647 e. The summed E-state index contributed by atoms with van der Waals surface area (Å²) < 4.78 is 0. The lowest BCUT2D eigenvalue weighted by molar-refractivity contribution is 0.678. The number of thiol groups is 1. The van der Waals surface area contributed by atoms with Crippen LogP contribution >= 0.6 is 12.6 Å². The fourth-order valence-corrected chi connectivity index (χ4v) is 1.02. The van der Waals surface area contributed by atoms with Crippen LogP contribution < -0.4 is 0 Å². The first-order chi connectivity index (χ1) is 4.30. The second-order valence-corrected chi connectivity index (χ2v) is 3.08. The summed E-state index contributed by atoms with van der Waals surface area (Å²) in [6, 6.07) is 0.401. The zero-order chi connectivity index (χ0) is 6.69. The highest BCUT2D eigenvalue weighted by Crippen LogP contribution is 2.12. The molecule has 2 unspecified atom stereocenters. The van der Waals surface area contributed by atoms with E-state index >= 15 is 0 Å². The van der Waals surface area contributed by atoms with E-state index < -0.39 is 0 Å². The van der Waals surface area contributed by atoms with Crippen molar-refractivity contribution in [2.24, 2.45) is 4.99 Å². The second kappa shape index (κ2) is 3.06. The predicted molar refractivity (Wildman–Crippen MR) is 44.5 cm³/mol. The molecule has 0 aromatic carbocycles. The number of hydrogen-bond donors (Lipinski definition) is 1. The third-order valence-electron chi connectivity index (χ3n) is 1.43. The number of hydrogen-bond acceptors (Lipinski definition) is 2. The van der Waals surface area contributed by atoms with Crippen molar-refractivity contribution in [1.82, 2.24) is 0 Å². The molecule has 1 rings (SSSR count). The molecule has 0 amide bonds. The molecule has 0 saturated carbocycles. The van der Waals surface area contributed by atoms with Crippen molar-refractivity contribution >= 4 is 18.8 Å². The molecule has 0 aliphatic carbocycles. The molecule has 0 bridgehead atoms. The fraction of sp³-hybridized carbons (Fsp3) is 0.571. The summed E-state index contributed by atoms with van der Waals surface area (Å²) in [5, 5.41) is 0.381. The number of nitrogens with zero attached hydrogens (tertiary/aromatic N) is 1. The molecule has 1 nitrogen and oxygen atoms in total. The van der Waals surface area contributed by atoms with E-state index in [1.807, 2.05) is 12.3 Å². The summed E-state index contributed by atoms with van der Waals surface area (Å²) >= 11 is 4.29. The van der Waals surface area contributed by atoms with Gasteiger partial charge >= 0.3 is 0 Å². The Balaban J connectivity index is 2.46. The van der Waals surface area contributed by atoms with Crippen molar-refractivity contribution < 1.29 is 0 Å². The van der Waals surface area contributed by atoms with Crippen LogP contribution in [0, 0.1) is 0 Å². The molecule has 2 heteroatoms. The minimum absolute atomic E-state index is 0.381. The molecule has 0 aromatic heterocycles. The molecular weight excluding hydrogens is 130 g/mol. The van der Waals surface area contributed by atoms with Crippen molar-refractivity contribution in [3.05, 3.63) is 12.2 Å². The lowest BCUT2D eigenvalue weighted by Crippen LogP contribution is -2.16. The minimum Gasteiger partial charge on any atom is -0.288 e. The number of aliphatic imine (C=N–C) groups is 1. The Morgan fingerprint density at radius 1 is 1.78 bits per heavy atom. The van der Waals surface area contributed by atoms with Gasteiger partial charge in [0.1, 0.15) is 0 Å². The van der Waals surface area contributed by atoms with Crippen LogP contribution in [0.3, 0.4) is 0 Å². The van der Waals surface area contributed by atoms with Gasteiger partial charge in [-0.25, -0.2) is 0 Å². The average molecular weight is 141 g/mol. The Morgan fingerprint density at radius 2 is 2.56 bits per heavy atom. The molecule has 0 spiro atoms. The molecule has 9 heavy (non-hydrogen) atoms. The first-order valence-electron chi connectivity index (χ1n) is 3.17. The molecule has 1 heterocycles. The van der Waals surface area contributed by atoms with Gasteiger partial charge in [-0.1, -0.05) is 13.0 Å². The summed E-state index contributed by atoms with van der Waals surface area (Å²) in [6.07, 6.45) is 7.00. The average Bonchev–Trinajstić information content (AvgIpc) is 1.90. The highest BCUT2D eigenvalue weighted by molar-refractivity contribution is 7.81. The molecular formula is C7H11NS. The Bertz CT molecular complexity index is 138. The van der Waals surface area contributed by atoms with Gasteiger partial charge in [0.25, 0.3) is 0 Å². The zero-order valence-corrected chi connectivity index (χ0v) is 6.38. The summed E-state index contributed by atoms with van der Waals surface area (Å²) in [7, 11) is 0. The van der Waals surface area contributed by atoms with Gasteiger partial charge in [-0.3, -0.25) is 4.99 Å². The monoisotopic (exact) mass is 141 g/mol. The van der Waals surface area contributed by atoms with Crippen LogP contribution in [0.4, 0.5) is 0 Å². The maximum Gasteiger partial charge on any atom is 0.0647 e. The van der Waals surface area contributed by atoms with Gasteiger partial charge in [-0.05, 0) is 12.5 Å². The summed E-state index contributed by atoms with van der Waals surface area (Å²) in [5.41, 5.74) is 0. The highest BCUT2D eigenvalue weighted by atomic mass is 32.1. The Kier molecular flexibility index (Phi) is 2.34. The van der Waals surface area contributed by atoms with Gasteiger partial charge in [0, 0.05) is 11.5 Å². The standard InChI is InChI=1S/C7H11NS/c1-6(9)7-4-2-3-5-8-7/h2-3,5-7,9H,4H2,1H3. The van der Waals surface area contributed by atoms with Crippen molar-refractivity contribution in [3.8, 4) is 0 Å². The minimum atomic E-state index is 0.381. The van der Waals surface area contributed by atoms with Gasteiger partial charge in [-0.15, -0.1) is 0 Å². The fourth-order valence-electron chi connectivity index (χ4n) is 0.821. The lowest BCUT2D eigenvalue weighted by Gasteiger charge is -2.14. The largest absolute Gasteiger partial charge is 0.288 e. The molecule has 0 N–H and O–H groups in total. The van der Waals surface area contributed by atoms with Crippen LogP contribution in [-0.2, 0) is 0 Å². The predicted octanol–water partition coefficient (Wildman–Crippen LogP) is 1.70. The van der Waals surface area contributed by atoms with Crippen molar-refractivity contribution in [2.45, 2.75) is 24.6 Å². The molecule has 1 aliphatic rings. The molecule has 50 valence electrons. The van der Waals surface area contributed by atoms with Crippen LogP contribution in [0.2, 0.25) is 0 Å². The molecule has 0 radical (unpaired) electrons. The van der Waals surface area contributed by atoms with E-state index in [0.717, 1.165) is 6.42 Å². The number of dihydropyridines is 1. The van der Waals surface area contributed by atoms with Crippen molar-refractivity contribution in [3.63, 3.8) is 0 Å². The SMILES string of the molecule is CC(S)C1CC=CC=N1. The van der Waals surface area contributed by atoms with Crippen LogP contribution in [0.5, 0.6) is 0 Å². The molecule has 0 aromatic rings. The van der Waals surface area contributed by atoms with Gasteiger partial charge in [0.05, 0.1) is 6.04 Å². The second-order valence-electron chi connectivity index (χ2n) is 2.27. The molecule has 0 fully saturated rings. The van der Waals surface area contributed by atoms with Gasteiger partial charge in [0.2, 0.25) is 0 Å². The Hall–Kier alpha value is -0.240. The number of rotatable bonds is 1. The quantitative estimate of drug-likeness (QED) is 0.534. The number of allylic oxidation sites excluding steroid dienone is 1. The lowest BCUT2D eigenvalue weighted by atomic mass is 10.1. The van der Waals surface area contributed by atoms with Gasteiger partial charge in [-0.2, -0.15) is 12.6 Å². The first kappa shape index (κ1) is 6.87. The van der Waals surface area contributed by atoms with E-state index in [1.54, 1.807) is 0 Å². The van der Waals surface area contributed by atoms with Crippen LogP contribution in [-0.4, -0.2) is 17.5 Å². The first-order valence-corrected chi connectivity index (χ1v) is 3.68. The Morgan fingerprint density at radius 3 is 2.89 bits per heavy atom. The zero-order valence-electron chi connectivity index (χ0n) is 5.49. The summed E-state index contributed by atoms with van der Waals surface area (Å²) in [4.78, 5) is 4.24. The molecule has 1 aliphatic heterocycles. The van der Waals surface area contributed by atoms with E-state index in [9.17, 15) is 0 Å². The van der Waals surface area contributed by atoms with E-state index in [0.29, 0.717) is 11.3 Å². The topological polar surface area (TPSA) is 12.4 Å². The molecule has 2 atom stereocenters. The van der Waals surface area contributed by atoms with E-state index in [4.69, 9.17) is 0 Å². The normalized spacial score (nSPS) is 28.4. The summed E-state index contributed by atoms with van der Waals surface area (Å²) in [6.45, 7) is 2.07. The van der Waals surface area contributed by atoms with Crippen LogP contribution in [0.1, 0.15) is 13.3 Å². The van der Waals surface area contributed by atoms with Crippen LogP contribution in [0.15, 0.2) is 17.1 Å². The maximum atomic E-state index is 4.29. The van der Waals surface area contributed by atoms with E-state index in [-0.39, 0.29) is 0 Å². The maximum absolute atomic E-state index is 4.29. The van der Waals surface area contributed by atoms with Gasteiger partial charge < -0.3 is 0 Å². The van der Waals surface area contributed by atoms with Gasteiger partial charge in [0.15, 0.2) is 0 Å². The third-order valence-corrected chi connectivity index (χ3v) is 1.78. The highest BCUT2D eigenvalue weighted by Gasteiger charge is 2.10.